The lowest BCUT2D eigenvalue weighted by molar-refractivity contribution is -0.121. The van der Waals surface area contributed by atoms with E-state index in [9.17, 15) is 4.79 Å². The first-order valence-electron chi connectivity index (χ1n) is 9.00. The lowest BCUT2D eigenvalue weighted by atomic mass is 9.97. The highest BCUT2D eigenvalue weighted by molar-refractivity contribution is 5.76. The van der Waals surface area contributed by atoms with E-state index >= 15 is 0 Å². The van der Waals surface area contributed by atoms with Gasteiger partial charge in [0.2, 0.25) is 5.91 Å². The van der Waals surface area contributed by atoms with Crippen LogP contribution in [0.4, 0.5) is 0 Å². The second kappa shape index (κ2) is 10.3. The Labute approximate surface area is 145 Å². The fourth-order valence-corrected chi connectivity index (χ4v) is 3.17. The van der Waals surface area contributed by atoms with E-state index in [0.29, 0.717) is 12.3 Å². The van der Waals surface area contributed by atoms with Gasteiger partial charge in [-0.1, -0.05) is 25.1 Å². The Morgan fingerprint density at radius 3 is 2.83 bits per heavy atom. The molecule has 0 aromatic heterocycles. The number of nitrogens with one attached hydrogen (secondary N) is 2. The number of para-hydroxylation sites is 1. The van der Waals surface area contributed by atoms with Gasteiger partial charge in [0, 0.05) is 39.1 Å². The Morgan fingerprint density at radius 2 is 2.08 bits per heavy atom. The number of piperazine rings is 1. The molecule has 0 saturated carbocycles. The number of methoxy groups -OCH3 is 1. The van der Waals surface area contributed by atoms with E-state index in [1.54, 1.807) is 7.11 Å². The minimum Gasteiger partial charge on any atom is -0.496 e. The molecular weight excluding hydrogens is 302 g/mol. The van der Waals surface area contributed by atoms with Crippen molar-refractivity contribution < 1.29 is 9.53 Å². The summed E-state index contributed by atoms with van der Waals surface area (Å²) in [6.07, 6.45) is 2.44. The number of benzene rings is 1. The van der Waals surface area contributed by atoms with Gasteiger partial charge in [0.05, 0.1) is 7.11 Å². The molecule has 1 amide bonds. The van der Waals surface area contributed by atoms with Gasteiger partial charge in [-0.25, -0.2) is 0 Å². The molecular formula is C19H31N3O2. The first kappa shape index (κ1) is 18.7. The van der Waals surface area contributed by atoms with E-state index in [2.05, 4.69) is 28.5 Å². The summed E-state index contributed by atoms with van der Waals surface area (Å²) < 4.78 is 5.38. The molecule has 1 heterocycles. The van der Waals surface area contributed by atoms with Crippen molar-refractivity contribution in [3.63, 3.8) is 0 Å². The minimum atomic E-state index is 0.151. The SMILES string of the molecule is COc1ccccc1CC(C)CC(=O)NCCCN1CCNCC1. The van der Waals surface area contributed by atoms with Gasteiger partial charge in [-0.15, -0.1) is 0 Å². The number of ether oxygens (including phenoxy) is 1. The number of nitrogens with zero attached hydrogens (tertiary/aromatic N) is 1. The summed E-state index contributed by atoms with van der Waals surface area (Å²) in [7, 11) is 1.69. The van der Waals surface area contributed by atoms with Crippen molar-refractivity contribution in [1.29, 1.82) is 0 Å². The van der Waals surface area contributed by atoms with Crippen molar-refractivity contribution >= 4 is 5.91 Å². The van der Waals surface area contributed by atoms with Gasteiger partial charge in [-0.2, -0.15) is 0 Å². The maximum absolute atomic E-state index is 12.1. The molecule has 1 aromatic carbocycles. The van der Waals surface area contributed by atoms with Gasteiger partial charge < -0.3 is 20.3 Å². The zero-order valence-electron chi connectivity index (χ0n) is 15.0. The molecule has 1 atom stereocenters. The van der Waals surface area contributed by atoms with E-state index in [1.165, 1.54) is 5.56 Å². The van der Waals surface area contributed by atoms with Crippen LogP contribution in [0.25, 0.3) is 0 Å². The molecule has 0 spiro atoms. The highest BCUT2D eigenvalue weighted by Gasteiger charge is 2.13. The van der Waals surface area contributed by atoms with Gasteiger partial charge in [0.15, 0.2) is 0 Å². The lowest BCUT2D eigenvalue weighted by Gasteiger charge is -2.27. The molecule has 5 heteroatoms. The second-order valence-corrected chi connectivity index (χ2v) is 6.62. The number of amides is 1. The van der Waals surface area contributed by atoms with Crippen LogP contribution in [0, 0.1) is 5.92 Å². The number of hydrogen-bond donors (Lipinski definition) is 2. The monoisotopic (exact) mass is 333 g/mol. The third-order valence-electron chi connectivity index (χ3n) is 4.48. The fourth-order valence-electron chi connectivity index (χ4n) is 3.17. The van der Waals surface area contributed by atoms with Crippen LogP contribution >= 0.6 is 0 Å². The van der Waals surface area contributed by atoms with E-state index < -0.39 is 0 Å². The van der Waals surface area contributed by atoms with Gasteiger partial charge in [-0.3, -0.25) is 4.79 Å². The summed E-state index contributed by atoms with van der Waals surface area (Å²) in [6, 6.07) is 8.03. The second-order valence-electron chi connectivity index (χ2n) is 6.62. The summed E-state index contributed by atoms with van der Waals surface area (Å²) >= 11 is 0. The predicted octanol–water partition coefficient (Wildman–Crippen LogP) is 1.68. The standard InChI is InChI=1S/C19H31N3O2/c1-16(14-17-6-3-4-7-18(17)24-2)15-19(23)21-8-5-11-22-12-9-20-10-13-22/h3-4,6-7,16,20H,5,8-15H2,1-2H3,(H,21,23). The number of hydrogen-bond acceptors (Lipinski definition) is 4. The Kier molecular flexibility index (Phi) is 8.05. The smallest absolute Gasteiger partial charge is 0.220 e. The van der Waals surface area contributed by atoms with Crippen LogP contribution in [0.1, 0.15) is 25.3 Å². The van der Waals surface area contributed by atoms with Crippen LogP contribution in [0.5, 0.6) is 5.75 Å². The number of carbonyl (C=O) groups is 1. The summed E-state index contributed by atoms with van der Waals surface area (Å²) in [6.45, 7) is 8.34. The zero-order valence-corrected chi connectivity index (χ0v) is 15.0. The van der Waals surface area contributed by atoms with Gasteiger partial charge >= 0.3 is 0 Å². The highest BCUT2D eigenvalue weighted by Crippen LogP contribution is 2.21. The summed E-state index contributed by atoms with van der Waals surface area (Å²) in [5.41, 5.74) is 1.17. The maximum atomic E-state index is 12.1. The number of rotatable bonds is 9. The Balaban J connectivity index is 1.62. The van der Waals surface area contributed by atoms with E-state index in [-0.39, 0.29) is 5.91 Å². The third kappa shape index (κ3) is 6.49. The molecule has 24 heavy (non-hydrogen) atoms. The molecule has 2 rings (SSSR count). The summed E-state index contributed by atoms with van der Waals surface area (Å²) in [4.78, 5) is 14.5. The van der Waals surface area contributed by atoms with Gasteiger partial charge in [0.25, 0.3) is 0 Å². The van der Waals surface area contributed by atoms with E-state index in [1.807, 2.05) is 18.2 Å². The molecule has 1 aromatic rings. The molecule has 0 aliphatic carbocycles. The average Bonchev–Trinajstić information content (AvgIpc) is 2.60. The molecule has 2 N–H and O–H groups in total. The zero-order chi connectivity index (χ0) is 17.2. The van der Waals surface area contributed by atoms with Gasteiger partial charge in [-0.05, 0) is 36.9 Å². The van der Waals surface area contributed by atoms with Crippen molar-refractivity contribution in [3.8, 4) is 5.75 Å². The quantitative estimate of drug-likeness (QED) is 0.675. The highest BCUT2D eigenvalue weighted by atomic mass is 16.5. The van der Waals surface area contributed by atoms with Crippen molar-refractivity contribution in [2.75, 3.05) is 46.4 Å². The molecule has 1 unspecified atom stereocenters. The molecule has 1 fully saturated rings. The summed E-state index contributed by atoms with van der Waals surface area (Å²) in [5.74, 6) is 1.35. The van der Waals surface area contributed by atoms with E-state index in [4.69, 9.17) is 4.74 Å². The van der Waals surface area contributed by atoms with Crippen molar-refractivity contribution in [3.05, 3.63) is 29.8 Å². The maximum Gasteiger partial charge on any atom is 0.220 e. The largest absolute Gasteiger partial charge is 0.496 e. The Hall–Kier alpha value is -1.59. The molecule has 1 aliphatic rings. The Morgan fingerprint density at radius 1 is 1.33 bits per heavy atom. The normalized spacial score (nSPS) is 16.6. The predicted molar refractivity (Wildman–Crippen MR) is 97.4 cm³/mol. The molecule has 0 radical (unpaired) electrons. The average molecular weight is 333 g/mol. The number of carbonyl (C=O) groups excluding carboxylic acids is 1. The minimum absolute atomic E-state index is 0.151. The van der Waals surface area contributed by atoms with Crippen molar-refractivity contribution in [2.24, 2.45) is 5.92 Å². The van der Waals surface area contributed by atoms with Crippen LogP contribution in [-0.4, -0.2) is 57.2 Å². The van der Waals surface area contributed by atoms with Crippen LogP contribution in [0.2, 0.25) is 0 Å². The Bertz CT molecular complexity index is 501. The van der Waals surface area contributed by atoms with Crippen LogP contribution in [-0.2, 0) is 11.2 Å². The molecule has 5 nitrogen and oxygen atoms in total. The summed E-state index contributed by atoms with van der Waals surface area (Å²) in [5, 5.41) is 6.41. The van der Waals surface area contributed by atoms with Crippen molar-refractivity contribution in [2.45, 2.75) is 26.2 Å². The van der Waals surface area contributed by atoms with Crippen molar-refractivity contribution in [1.82, 2.24) is 15.5 Å². The molecule has 1 aliphatic heterocycles. The first-order chi connectivity index (χ1) is 11.7. The van der Waals surface area contributed by atoms with Gasteiger partial charge in [0.1, 0.15) is 5.75 Å². The first-order valence-corrected chi connectivity index (χ1v) is 9.00. The van der Waals surface area contributed by atoms with Crippen LogP contribution in [0.3, 0.4) is 0 Å². The van der Waals surface area contributed by atoms with E-state index in [0.717, 1.165) is 57.9 Å². The molecule has 0 bridgehead atoms. The fraction of sp³-hybridized carbons (Fsp3) is 0.632. The third-order valence-corrected chi connectivity index (χ3v) is 4.48. The molecule has 1 saturated heterocycles. The van der Waals surface area contributed by atoms with Crippen LogP contribution in [0.15, 0.2) is 24.3 Å². The van der Waals surface area contributed by atoms with Crippen LogP contribution < -0.4 is 15.4 Å². The molecule has 134 valence electrons. The lowest BCUT2D eigenvalue weighted by Crippen LogP contribution is -2.44. The topological polar surface area (TPSA) is 53.6 Å².